The molecule has 0 spiro atoms. The number of rotatable bonds is 4. The van der Waals surface area contributed by atoms with Crippen LogP contribution in [0.1, 0.15) is 21.7 Å². The zero-order valence-electron chi connectivity index (χ0n) is 14.0. The Labute approximate surface area is 155 Å². The van der Waals surface area contributed by atoms with Gasteiger partial charge in [-0.25, -0.2) is 0 Å². The number of aryl methyl sites for hydroxylation is 2. The molecule has 0 unspecified atom stereocenters. The molecule has 0 aliphatic rings. The summed E-state index contributed by atoms with van der Waals surface area (Å²) in [6.07, 6.45) is 1.91. The molecule has 0 aliphatic carbocycles. The van der Waals surface area contributed by atoms with Gasteiger partial charge >= 0.3 is 0 Å². The minimum absolute atomic E-state index is 0.160. The van der Waals surface area contributed by atoms with Crippen LogP contribution in [0.3, 0.4) is 0 Å². The number of carbonyl (C=O) groups is 1. The summed E-state index contributed by atoms with van der Waals surface area (Å²) in [7, 11) is 3.60. The molecule has 0 saturated carbocycles. The van der Waals surface area contributed by atoms with Crippen molar-refractivity contribution in [2.24, 2.45) is 7.05 Å². The highest BCUT2D eigenvalue weighted by Crippen LogP contribution is 2.29. The van der Waals surface area contributed by atoms with Crippen molar-refractivity contribution in [1.82, 2.24) is 24.9 Å². The third-order valence-corrected chi connectivity index (χ3v) is 4.43. The highest BCUT2D eigenvalue weighted by Gasteiger charge is 2.18. The number of carbonyl (C=O) groups excluding carboxylic acids is 1. The number of hydrogen-bond donors (Lipinski definition) is 1. The van der Waals surface area contributed by atoms with Crippen LogP contribution in [0.4, 0.5) is 0 Å². The smallest absolute Gasteiger partial charge is 0.271 e. The van der Waals surface area contributed by atoms with E-state index in [1.54, 1.807) is 40.9 Å². The summed E-state index contributed by atoms with van der Waals surface area (Å²) >= 11 is 12.1. The first-order valence-corrected chi connectivity index (χ1v) is 8.36. The number of aromatic amines is 1. The van der Waals surface area contributed by atoms with Crippen LogP contribution >= 0.6 is 23.2 Å². The predicted molar refractivity (Wildman–Crippen MR) is 97.8 cm³/mol. The van der Waals surface area contributed by atoms with E-state index < -0.39 is 0 Å². The summed E-state index contributed by atoms with van der Waals surface area (Å²) in [5.74, 6) is -0.160. The van der Waals surface area contributed by atoms with E-state index in [2.05, 4.69) is 15.3 Å². The lowest BCUT2D eigenvalue weighted by Gasteiger charge is -2.15. The van der Waals surface area contributed by atoms with Crippen LogP contribution in [0.15, 0.2) is 30.5 Å². The van der Waals surface area contributed by atoms with Gasteiger partial charge in [-0.15, -0.1) is 0 Å². The van der Waals surface area contributed by atoms with Crippen molar-refractivity contribution in [3.05, 3.63) is 57.5 Å². The SMILES string of the molecule is Cc1nn(C)cc1CN(C)C(=O)c1cc(-c2ccc(Cl)cc2Cl)n[nH]1. The van der Waals surface area contributed by atoms with Gasteiger partial charge in [0.1, 0.15) is 5.69 Å². The Bertz CT molecular complexity index is 931. The predicted octanol–water partition coefficient (Wildman–Crippen LogP) is 3.70. The molecule has 130 valence electrons. The Morgan fingerprint density at radius 2 is 2.08 bits per heavy atom. The number of nitrogens with zero attached hydrogens (tertiary/aromatic N) is 4. The monoisotopic (exact) mass is 377 g/mol. The van der Waals surface area contributed by atoms with Gasteiger partial charge in [-0.2, -0.15) is 10.2 Å². The molecule has 2 heterocycles. The quantitative estimate of drug-likeness (QED) is 0.753. The van der Waals surface area contributed by atoms with Crippen molar-refractivity contribution in [3.8, 4) is 11.3 Å². The van der Waals surface area contributed by atoms with E-state index >= 15 is 0 Å². The van der Waals surface area contributed by atoms with Crippen LogP contribution in [0.2, 0.25) is 10.0 Å². The number of amides is 1. The minimum Gasteiger partial charge on any atom is -0.336 e. The molecule has 1 aromatic carbocycles. The molecule has 6 nitrogen and oxygen atoms in total. The van der Waals surface area contributed by atoms with Crippen LogP contribution in [0.25, 0.3) is 11.3 Å². The Balaban J connectivity index is 1.79. The second-order valence-electron chi connectivity index (χ2n) is 5.87. The maximum absolute atomic E-state index is 12.6. The van der Waals surface area contributed by atoms with E-state index in [0.717, 1.165) is 11.3 Å². The Morgan fingerprint density at radius 1 is 1.32 bits per heavy atom. The van der Waals surface area contributed by atoms with Gasteiger partial charge in [0.25, 0.3) is 5.91 Å². The van der Waals surface area contributed by atoms with Crippen molar-refractivity contribution in [3.63, 3.8) is 0 Å². The van der Waals surface area contributed by atoms with Gasteiger partial charge in [-0.3, -0.25) is 14.6 Å². The first-order chi connectivity index (χ1) is 11.8. The summed E-state index contributed by atoms with van der Waals surface area (Å²) in [5.41, 5.74) is 3.60. The molecule has 1 amide bonds. The molecule has 1 N–H and O–H groups in total. The van der Waals surface area contributed by atoms with E-state index in [9.17, 15) is 4.79 Å². The lowest BCUT2D eigenvalue weighted by molar-refractivity contribution is 0.0779. The molecule has 8 heteroatoms. The van der Waals surface area contributed by atoms with E-state index in [-0.39, 0.29) is 5.91 Å². The molecular weight excluding hydrogens is 361 g/mol. The van der Waals surface area contributed by atoms with Crippen LogP contribution in [-0.2, 0) is 13.6 Å². The van der Waals surface area contributed by atoms with E-state index in [4.69, 9.17) is 23.2 Å². The summed E-state index contributed by atoms with van der Waals surface area (Å²) in [4.78, 5) is 14.2. The van der Waals surface area contributed by atoms with Crippen LogP contribution in [0, 0.1) is 6.92 Å². The van der Waals surface area contributed by atoms with E-state index in [1.807, 2.05) is 20.2 Å². The molecule has 25 heavy (non-hydrogen) atoms. The third kappa shape index (κ3) is 3.70. The van der Waals surface area contributed by atoms with Gasteiger partial charge in [0, 0.05) is 43.0 Å². The Kier molecular flexibility index (Phi) is 4.83. The van der Waals surface area contributed by atoms with Gasteiger partial charge in [-0.05, 0) is 31.2 Å². The number of H-pyrrole nitrogens is 1. The largest absolute Gasteiger partial charge is 0.336 e. The first-order valence-electron chi connectivity index (χ1n) is 7.60. The van der Waals surface area contributed by atoms with Crippen LogP contribution in [-0.4, -0.2) is 37.8 Å². The molecule has 0 atom stereocenters. The molecular formula is C17H17Cl2N5O. The van der Waals surface area contributed by atoms with Gasteiger partial charge in [0.05, 0.1) is 16.4 Å². The number of nitrogens with one attached hydrogen (secondary N) is 1. The maximum Gasteiger partial charge on any atom is 0.271 e. The third-order valence-electron chi connectivity index (χ3n) is 3.88. The molecule has 0 aliphatic heterocycles. The lowest BCUT2D eigenvalue weighted by Crippen LogP contribution is -2.26. The van der Waals surface area contributed by atoms with E-state index in [0.29, 0.717) is 33.5 Å². The number of benzene rings is 1. The normalized spacial score (nSPS) is 10.9. The van der Waals surface area contributed by atoms with Crippen molar-refractivity contribution >= 4 is 29.1 Å². The average Bonchev–Trinajstić information content (AvgIpc) is 3.13. The summed E-state index contributed by atoms with van der Waals surface area (Å²) in [5, 5.41) is 12.3. The fourth-order valence-electron chi connectivity index (χ4n) is 2.60. The fraction of sp³-hybridized carbons (Fsp3) is 0.235. The standard InChI is InChI=1S/C17H17Cl2N5O/c1-10-11(9-24(3)22-10)8-23(2)17(25)16-7-15(20-21-16)13-5-4-12(18)6-14(13)19/h4-7,9H,8H2,1-3H3,(H,20,21). The maximum atomic E-state index is 12.6. The second kappa shape index (κ2) is 6.90. The number of hydrogen-bond acceptors (Lipinski definition) is 3. The number of halogens is 2. The first kappa shape index (κ1) is 17.5. The van der Waals surface area contributed by atoms with Crippen LogP contribution < -0.4 is 0 Å². The topological polar surface area (TPSA) is 66.8 Å². The van der Waals surface area contributed by atoms with Crippen molar-refractivity contribution in [2.75, 3.05) is 7.05 Å². The fourth-order valence-corrected chi connectivity index (χ4v) is 3.11. The van der Waals surface area contributed by atoms with Gasteiger partial charge in [0.15, 0.2) is 0 Å². The summed E-state index contributed by atoms with van der Waals surface area (Å²) < 4.78 is 1.74. The zero-order chi connectivity index (χ0) is 18.1. The zero-order valence-corrected chi connectivity index (χ0v) is 15.6. The van der Waals surface area contributed by atoms with Crippen molar-refractivity contribution in [2.45, 2.75) is 13.5 Å². The van der Waals surface area contributed by atoms with Gasteiger partial charge in [-0.1, -0.05) is 23.2 Å². The minimum atomic E-state index is -0.160. The van der Waals surface area contributed by atoms with E-state index in [1.165, 1.54) is 0 Å². The summed E-state index contributed by atoms with van der Waals surface area (Å²) in [6.45, 7) is 2.39. The van der Waals surface area contributed by atoms with Crippen molar-refractivity contribution in [1.29, 1.82) is 0 Å². The Morgan fingerprint density at radius 3 is 2.72 bits per heavy atom. The average molecular weight is 378 g/mol. The van der Waals surface area contributed by atoms with Gasteiger partial charge < -0.3 is 4.90 Å². The molecule has 0 saturated heterocycles. The molecule has 0 bridgehead atoms. The lowest BCUT2D eigenvalue weighted by atomic mass is 10.1. The molecule has 0 radical (unpaired) electrons. The van der Waals surface area contributed by atoms with Crippen molar-refractivity contribution < 1.29 is 4.79 Å². The highest BCUT2D eigenvalue weighted by molar-refractivity contribution is 6.36. The molecule has 3 rings (SSSR count). The second-order valence-corrected chi connectivity index (χ2v) is 6.71. The highest BCUT2D eigenvalue weighted by atomic mass is 35.5. The molecule has 0 fully saturated rings. The molecule has 2 aromatic heterocycles. The number of aromatic nitrogens is 4. The summed E-state index contributed by atoms with van der Waals surface area (Å²) in [6, 6.07) is 6.84. The van der Waals surface area contributed by atoms with Crippen LogP contribution in [0.5, 0.6) is 0 Å². The Hall–Kier alpha value is -2.31. The van der Waals surface area contributed by atoms with Gasteiger partial charge in [0.2, 0.25) is 0 Å². The molecule has 3 aromatic rings.